The van der Waals surface area contributed by atoms with Gasteiger partial charge < -0.3 is 5.32 Å². The third-order valence-electron chi connectivity index (χ3n) is 2.89. The first-order chi connectivity index (χ1) is 9.11. The van der Waals surface area contributed by atoms with Crippen molar-refractivity contribution in [3.05, 3.63) is 41.2 Å². The van der Waals surface area contributed by atoms with Gasteiger partial charge in [-0.25, -0.2) is 14.1 Å². The van der Waals surface area contributed by atoms with Crippen molar-refractivity contribution >= 4 is 0 Å². The largest absolute Gasteiger partial charge is 0.313 e. The summed E-state index contributed by atoms with van der Waals surface area (Å²) in [5.41, 5.74) is 1.77. The van der Waals surface area contributed by atoms with E-state index >= 15 is 0 Å². The van der Waals surface area contributed by atoms with Gasteiger partial charge in [-0.3, -0.25) is 0 Å². The number of halogens is 1. The van der Waals surface area contributed by atoms with Crippen molar-refractivity contribution in [2.75, 3.05) is 6.54 Å². The standard InChI is InChI=1S/C14H19FN4/c1-4-7-16-9-12-8-13(15)5-6-14(12)19-11(3)17-10(2)18-19/h5-6,8,16H,4,7,9H2,1-3H3. The molecule has 1 aromatic carbocycles. The van der Waals surface area contributed by atoms with Crippen molar-refractivity contribution in [3.63, 3.8) is 0 Å². The van der Waals surface area contributed by atoms with Gasteiger partial charge in [0.25, 0.3) is 0 Å². The molecular weight excluding hydrogens is 243 g/mol. The third kappa shape index (κ3) is 3.17. The lowest BCUT2D eigenvalue weighted by Gasteiger charge is -2.11. The molecule has 0 saturated heterocycles. The minimum Gasteiger partial charge on any atom is -0.313 e. The lowest BCUT2D eigenvalue weighted by molar-refractivity contribution is 0.616. The van der Waals surface area contributed by atoms with Crippen LogP contribution in [0, 0.1) is 19.7 Å². The fourth-order valence-electron chi connectivity index (χ4n) is 2.05. The normalized spacial score (nSPS) is 10.9. The molecule has 0 radical (unpaired) electrons. The van der Waals surface area contributed by atoms with E-state index in [1.807, 2.05) is 13.8 Å². The third-order valence-corrected chi connectivity index (χ3v) is 2.89. The van der Waals surface area contributed by atoms with Crippen LogP contribution in [0.4, 0.5) is 4.39 Å². The minimum atomic E-state index is -0.230. The van der Waals surface area contributed by atoms with Gasteiger partial charge >= 0.3 is 0 Å². The number of benzene rings is 1. The summed E-state index contributed by atoms with van der Waals surface area (Å²) in [6, 6.07) is 4.75. The van der Waals surface area contributed by atoms with Crippen LogP contribution in [-0.4, -0.2) is 21.3 Å². The summed E-state index contributed by atoms with van der Waals surface area (Å²) in [5, 5.41) is 7.64. The summed E-state index contributed by atoms with van der Waals surface area (Å²) in [7, 11) is 0. The fourth-order valence-corrected chi connectivity index (χ4v) is 2.05. The molecule has 0 fully saturated rings. The van der Waals surface area contributed by atoms with E-state index in [9.17, 15) is 4.39 Å². The molecule has 5 heteroatoms. The molecule has 19 heavy (non-hydrogen) atoms. The zero-order valence-corrected chi connectivity index (χ0v) is 11.6. The highest BCUT2D eigenvalue weighted by Gasteiger charge is 2.10. The van der Waals surface area contributed by atoms with Gasteiger partial charge in [-0.1, -0.05) is 6.92 Å². The number of rotatable bonds is 5. The van der Waals surface area contributed by atoms with Crippen LogP contribution in [0.2, 0.25) is 0 Å². The number of hydrogen-bond acceptors (Lipinski definition) is 3. The van der Waals surface area contributed by atoms with Crippen LogP contribution in [0.5, 0.6) is 0 Å². The van der Waals surface area contributed by atoms with Crippen molar-refractivity contribution in [1.82, 2.24) is 20.1 Å². The predicted octanol–water partition coefficient (Wildman–Crippen LogP) is 2.52. The fraction of sp³-hybridized carbons (Fsp3) is 0.429. The molecule has 1 N–H and O–H groups in total. The molecule has 1 heterocycles. The maximum absolute atomic E-state index is 13.4. The Kier molecular flexibility index (Phi) is 4.27. The molecule has 0 aliphatic carbocycles. The van der Waals surface area contributed by atoms with E-state index in [0.29, 0.717) is 12.4 Å². The Morgan fingerprint density at radius 2 is 2.11 bits per heavy atom. The smallest absolute Gasteiger partial charge is 0.148 e. The first-order valence-electron chi connectivity index (χ1n) is 6.51. The molecule has 0 aliphatic rings. The number of nitrogens with zero attached hydrogens (tertiary/aromatic N) is 3. The Labute approximate surface area is 112 Å². The van der Waals surface area contributed by atoms with Crippen LogP contribution >= 0.6 is 0 Å². The van der Waals surface area contributed by atoms with Crippen LogP contribution in [-0.2, 0) is 6.54 Å². The highest BCUT2D eigenvalue weighted by Crippen LogP contribution is 2.17. The second kappa shape index (κ2) is 5.93. The molecule has 102 valence electrons. The van der Waals surface area contributed by atoms with Gasteiger partial charge in [-0.15, -0.1) is 0 Å². The molecule has 0 unspecified atom stereocenters. The van der Waals surface area contributed by atoms with Gasteiger partial charge in [-0.05, 0) is 50.6 Å². The minimum absolute atomic E-state index is 0.230. The molecule has 1 aromatic heterocycles. The molecule has 4 nitrogen and oxygen atoms in total. The van der Waals surface area contributed by atoms with Crippen molar-refractivity contribution in [1.29, 1.82) is 0 Å². The van der Waals surface area contributed by atoms with E-state index in [4.69, 9.17) is 0 Å². The number of aryl methyl sites for hydroxylation is 2. The molecule has 2 rings (SSSR count). The summed E-state index contributed by atoms with van der Waals surface area (Å²) in [6.45, 7) is 7.38. The maximum atomic E-state index is 13.4. The van der Waals surface area contributed by atoms with Crippen molar-refractivity contribution in [2.45, 2.75) is 33.7 Å². The predicted molar refractivity (Wildman–Crippen MR) is 72.8 cm³/mol. The molecular formula is C14H19FN4. The zero-order chi connectivity index (χ0) is 13.8. The van der Waals surface area contributed by atoms with Crippen LogP contribution in [0.3, 0.4) is 0 Å². The Morgan fingerprint density at radius 3 is 2.74 bits per heavy atom. The van der Waals surface area contributed by atoms with E-state index in [1.165, 1.54) is 6.07 Å². The van der Waals surface area contributed by atoms with Crippen molar-refractivity contribution in [2.24, 2.45) is 0 Å². The van der Waals surface area contributed by atoms with E-state index in [1.54, 1.807) is 16.8 Å². The van der Waals surface area contributed by atoms with E-state index < -0.39 is 0 Å². The number of hydrogen-bond donors (Lipinski definition) is 1. The van der Waals surface area contributed by atoms with E-state index in [-0.39, 0.29) is 5.82 Å². The van der Waals surface area contributed by atoms with Gasteiger partial charge in [0.2, 0.25) is 0 Å². The lowest BCUT2D eigenvalue weighted by Crippen LogP contribution is -2.16. The Bertz CT molecular complexity index is 563. The maximum Gasteiger partial charge on any atom is 0.148 e. The molecule has 0 aliphatic heterocycles. The molecule has 0 amide bonds. The first-order valence-corrected chi connectivity index (χ1v) is 6.51. The summed E-state index contributed by atoms with van der Waals surface area (Å²) in [6.07, 6.45) is 1.05. The van der Waals surface area contributed by atoms with Gasteiger partial charge in [0.1, 0.15) is 17.5 Å². The van der Waals surface area contributed by atoms with Gasteiger partial charge in [0.15, 0.2) is 0 Å². The van der Waals surface area contributed by atoms with Gasteiger partial charge in [-0.2, -0.15) is 5.10 Å². The lowest BCUT2D eigenvalue weighted by atomic mass is 10.1. The van der Waals surface area contributed by atoms with E-state index in [0.717, 1.165) is 30.0 Å². The number of aromatic nitrogens is 3. The quantitative estimate of drug-likeness (QED) is 0.842. The highest BCUT2D eigenvalue weighted by molar-refractivity contribution is 5.41. The SMILES string of the molecule is CCCNCc1cc(F)ccc1-n1nc(C)nc1C. The Hall–Kier alpha value is -1.75. The van der Waals surface area contributed by atoms with Gasteiger partial charge in [0.05, 0.1) is 5.69 Å². The summed E-state index contributed by atoms with van der Waals surface area (Å²) in [5.74, 6) is 1.29. The number of nitrogens with one attached hydrogen (secondary N) is 1. The average molecular weight is 262 g/mol. The van der Waals surface area contributed by atoms with Crippen molar-refractivity contribution in [3.8, 4) is 5.69 Å². The second-order valence-corrected chi connectivity index (χ2v) is 4.57. The summed E-state index contributed by atoms with van der Waals surface area (Å²) >= 11 is 0. The average Bonchev–Trinajstić information content (AvgIpc) is 2.69. The molecule has 0 saturated carbocycles. The molecule has 2 aromatic rings. The zero-order valence-electron chi connectivity index (χ0n) is 11.6. The van der Waals surface area contributed by atoms with E-state index in [2.05, 4.69) is 22.3 Å². The molecule has 0 spiro atoms. The molecule has 0 atom stereocenters. The summed E-state index contributed by atoms with van der Waals surface area (Å²) < 4.78 is 15.2. The van der Waals surface area contributed by atoms with Gasteiger partial charge in [0, 0.05) is 6.54 Å². The first kappa shape index (κ1) is 13.7. The Balaban J connectivity index is 2.36. The van der Waals surface area contributed by atoms with Crippen molar-refractivity contribution < 1.29 is 4.39 Å². The highest BCUT2D eigenvalue weighted by atomic mass is 19.1. The van der Waals surface area contributed by atoms with Crippen LogP contribution in [0.1, 0.15) is 30.6 Å². The topological polar surface area (TPSA) is 42.7 Å². The van der Waals surface area contributed by atoms with Crippen LogP contribution in [0.15, 0.2) is 18.2 Å². The second-order valence-electron chi connectivity index (χ2n) is 4.57. The van der Waals surface area contributed by atoms with Crippen LogP contribution in [0.25, 0.3) is 5.69 Å². The Morgan fingerprint density at radius 1 is 1.32 bits per heavy atom. The summed E-state index contributed by atoms with van der Waals surface area (Å²) in [4.78, 5) is 4.29. The monoisotopic (exact) mass is 262 g/mol. The van der Waals surface area contributed by atoms with Crippen LogP contribution < -0.4 is 5.32 Å². The molecule has 0 bridgehead atoms.